The molecule has 108 valence electrons. The monoisotopic (exact) mass is 271 g/mol. The third-order valence-corrected chi connectivity index (χ3v) is 3.16. The predicted octanol–water partition coefficient (Wildman–Crippen LogP) is 0.945. The summed E-state index contributed by atoms with van der Waals surface area (Å²) in [5.74, 6) is -2.03. The molecule has 0 aromatic carbocycles. The molecule has 19 heavy (non-hydrogen) atoms. The molecule has 1 fully saturated rings. The van der Waals surface area contributed by atoms with E-state index in [-0.39, 0.29) is 12.5 Å². The Kier molecular flexibility index (Phi) is 4.91. The third-order valence-electron chi connectivity index (χ3n) is 3.16. The maximum Gasteiger partial charge on any atom is 0.326 e. The van der Waals surface area contributed by atoms with Crippen molar-refractivity contribution in [2.75, 3.05) is 6.61 Å². The van der Waals surface area contributed by atoms with Crippen LogP contribution in [0.1, 0.15) is 40.0 Å². The van der Waals surface area contributed by atoms with Crippen LogP contribution in [0.15, 0.2) is 0 Å². The van der Waals surface area contributed by atoms with Crippen LogP contribution in [-0.2, 0) is 19.1 Å². The Morgan fingerprint density at radius 3 is 2.26 bits per heavy atom. The number of rotatable bonds is 7. The number of hydrogen-bond acceptors (Lipinski definition) is 4. The van der Waals surface area contributed by atoms with Gasteiger partial charge in [-0.15, -0.1) is 0 Å². The normalized spacial score (nSPS) is 17.7. The summed E-state index contributed by atoms with van der Waals surface area (Å²) >= 11 is 0. The standard InChI is InChI=1S/C13H21NO5/c1-4-19-12(18)13(5-6-13)11(17)14-9(10(15)16)7-8(2)3/h8-9H,4-7H2,1-3H3,(H,14,17)(H,15,16)/t9-/m1/s1. The van der Waals surface area contributed by atoms with E-state index in [2.05, 4.69) is 5.32 Å². The fraction of sp³-hybridized carbons (Fsp3) is 0.769. The highest BCUT2D eigenvalue weighted by molar-refractivity contribution is 6.06. The summed E-state index contributed by atoms with van der Waals surface area (Å²) in [6, 6.07) is -0.959. The van der Waals surface area contributed by atoms with Crippen LogP contribution in [0.3, 0.4) is 0 Å². The number of ether oxygens (including phenoxy) is 1. The number of carbonyl (C=O) groups is 3. The highest BCUT2D eigenvalue weighted by Crippen LogP contribution is 2.47. The van der Waals surface area contributed by atoms with Crippen molar-refractivity contribution < 1.29 is 24.2 Å². The maximum atomic E-state index is 12.1. The molecular formula is C13H21NO5. The molecule has 1 aliphatic rings. The number of esters is 1. The van der Waals surface area contributed by atoms with Gasteiger partial charge in [-0.1, -0.05) is 13.8 Å². The van der Waals surface area contributed by atoms with Gasteiger partial charge in [0.15, 0.2) is 0 Å². The molecule has 0 aromatic heterocycles. The third kappa shape index (κ3) is 3.68. The molecule has 0 aromatic rings. The van der Waals surface area contributed by atoms with Crippen LogP contribution in [0, 0.1) is 11.3 Å². The van der Waals surface area contributed by atoms with Crippen molar-refractivity contribution in [1.82, 2.24) is 5.32 Å². The van der Waals surface area contributed by atoms with Crippen molar-refractivity contribution >= 4 is 17.8 Å². The van der Waals surface area contributed by atoms with Gasteiger partial charge in [0.2, 0.25) is 5.91 Å². The molecule has 0 radical (unpaired) electrons. The molecule has 1 saturated carbocycles. The predicted molar refractivity (Wildman–Crippen MR) is 67.3 cm³/mol. The molecule has 1 atom stereocenters. The van der Waals surface area contributed by atoms with Gasteiger partial charge >= 0.3 is 11.9 Å². The van der Waals surface area contributed by atoms with Gasteiger partial charge in [-0.2, -0.15) is 0 Å². The van der Waals surface area contributed by atoms with Crippen LogP contribution in [0.4, 0.5) is 0 Å². The van der Waals surface area contributed by atoms with E-state index < -0.39 is 29.3 Å². The number of carboxylic acid groups (broad SMARTS) is 1. The van der Waals surface area contributed by atoms with E-state index in [1.54, 1.807) is 6.92 Å². The van der Waals surface area contributed by atoms with Crippen molar-refractivity contribution in [3.05, 3.63) is 0 Å². The lowest BCUT2D eigenvalue weighted by Crippen LogP contribution is -2.47. The van der Waals surface area contributed by atoms with Gasteiger partial charge in [0.1, 0.15) is 11.5 Å². The Hall–Kier alpha value is -1.59. The minimum Gasteiger partial charge on any atom is -0.480 e. The van der Waals surface area contributed by atoms with Crippen LogP contribution < -0.4 is 5.32 Å². The average molecular weight is 271 g/mol. The van der Waals surface area contributed by atoms with Gasteiger partial charge in [-0.05, 0) is 32.1 Å². The molecular weight excluding hydrogens is 250 g/mol. The molecule has 0 spiro atoms. The van der Waals surface area contributed by atoms with Gasteiger partial charge in [-0.3, -0.25) is 9.59 Å². The largest absolute Gasteiger partial charge is 0.480 e. The van der Waals surface area contributed by atoms with Crippen molar-refractivity contribution in [2.45, 2.75) is 46.1 Å². The molecule has 2 N–H and O–H groups in total. The lowest BCUT2D eigenvalue weighted by Gasteiger charge is -2.20. The van der Waals surface area contributed by atoms with Gasteiger partial charge in [-0.25, -0.2) is 4.79 Å². The molecule has 1 amide bonds. The first-order valence-corrected chi connectivity index (χ1v) is 6.54. The lowest BCUT2D eigenvalue weighted by atomic mass is 10.0. The molecule has 0 aliphatic heterocycles. The number of carbonyl (C=O) groups excluding carboxylic acids is 2. The fourth-order valence-corrected chi connectivity index (χ4v) is 1.91. The van der Waals surface area contributed by atoms with E-state index in [9.17, 15) is 14.4 Å². The molecule has 0 heterocycles. The lowest BCUT2D eigenvalue weighted by molar-refractivity contribution is -0.155. The second kappa shape index (κ2) is 6.04. The summed E-state index contributed by atoms with van der Waals surface area (Å²) in [6.07, 6.45) is 1.18. The summed E-state index contributed by atoms with van der Waals surface area (Å²) in [7, 11) is 0. The number of aliphatic carboxylic acids is 1. The summed E-state index contributed by atoms with van der Waals surface area (Å²) in [4.78, 5) is 34.9. The zero-order chi connectivity index (χ0) is 14.6. The summed E-state index contributed by atoms with van der Waals surface area (Å²) in [5.41, 5.74) is -1.15. The highest BCUT2D eigenvalue weighted by Gasteiger charge is 2.58. The van der Waals surface area contributed by atoms with Crippen molar-refractivity contribution in [1.29, 1.82) is 0 Å². The molecule has 1 aliphatic carbocycles. The molecule has 0 saturated heterocycles. The molecule has 0 bridgehead atoms. The number of hydrogen-bond donors (Lipinski definition) is 2. The first kappa shape index (κ1) is 15.5. The topological polar surface area (TPSA) is 92.7 Å². The Morgan fingerprint density at radius 2 is 1.89 bits per heavy atom. The van der Waals surface area contributed by atoms with Gasteiger partial charge in [0.25, 0.3) is 0 Å². The van der Waals surface area contributed by atoms with E-state index in [1.165, 1.54) is 0 Å². The minimum atomic E-state index is -1.15. The van der Waals surface area contributed by atoms with Crippen LogP contribution in [0.2, 0.25) is 0 Å². The van der Waals surface area contributed by atoms with Gasteiger partial charge in [0, 0.05) is 0 Å². The Morgan fingerprint density at radius 1 is 1.32 bits per heavy atom. The fourth-order valence-electron chi connectivity index (χ4n) is 1.91. The van der Waals surface area contributed by atoms with Crippen molar-refractivity contribution in [3.63, 3.8) is 0 Å². The minimum absolute atomic E-state index is 0.138. The van der Waals surface area contributed by atoms with Crippen LogP contribution in [-0.4, -0.2) is 35.6 Å². The van der Waals surface area contributed by atoms with E-state index in [1.807, 2.05) is 13.8 Å². The van der Waals surface area contributed by atoms with Crippen LogP contribution in [0.25, 0.3) is 0 Å². The van der Waals surface area contributed by atoms with E-state index >= 15 is 0 Å². The Balaban J connectivity index is 2.67. The summed E-state index contributed by atoms with van der Waals surface area (Å²) < 4.78 is 4.87. The Bertz CT molecular complexity index is 373. The maximum absolute atomic E-state index is 12.1. The molecule has 6 nitrogen and oxygen atoms in total. The van der Waals surface area contributed by atoms with E-state index in [4.69, 9.17) is 9.84 Å². The molecule has 6 heteroatoms. The quantitative estimate of drug-likeness (QED) is 0.531. The second-order valence-electron chi connectivity index (χ2n) is 5.30. The zero-order valence-electron chi connectivity index (χ0n) is 11.6. The second-order valence-corrected chi connectivity index (χ2v) is 5.30. The van der Waals surface area contributed by atoms with Crippen LogP contribution >= 0.6 is 0 Å². The Labute approximate surface area is 112 Å². The van der Waals surface area contributed by atoms with Crippen molar-refractivity contribution in [2.24, 2.45) is 11.3 Å². The average Bonchev–Trinajstić information content (AvgIpc) is 3.08. The number of nitrogens with one attached hydrogen (secondary N) is 1. The van der Waals surface area contributed by atoms with Crippen LogP contribution in [0.5, 0.6) is 0 Å². The first-order chi connectivity index (χ1) is 8.83. The number of carboxylic acids is 1. The summed E-state index contributed by atoms with van der Waals surface area (Å²) in [6.45, 7) is 5.63. The van der Waals surface area contributed by atoms with Gasteiger partial charge < -0.3 is 15.2 Å². The molecule has 1 rings (SSSR count). The first-order valence-electron chi connectivity index (χ1n) is 6.54. The van der Waals surface area contributed by atoms with E-state index in [0.29, 0.717) is 19.3 Å². The highest BCUT2D eigenvalue weighted by atomic mass is 16.5. The SMILES string of the molecule is CCOC(=O)C1(C(=O)N[C@H](CC(C)C)C(=O)O)CC1. The molecule has 0 unspecified atom stereocenters. The van der Waals surface area contributed by atoms with E-state index in [0.717, 1.165) is 0 Å². The zero-order valence-corrected chi connectivity index (χ0v) is 11.6. The van der Waals surface area contributed by atoms with Gasteiger partial charge in [0.05, 0.1) is 6.61 Å². The smallest absolute Gasteiger partial charge is 0.326 e. The summed E-state index contributed by atoms with van der Waals surface area (Å²) in [5, 5.41) is 11.5. The van der Waals surface area contributed by atoms with Crippen molar-refractivity contribution in [3.8, 4) is 0 Å². The number of amides is 1.